The summed E-state index contributed by atoms with van der Waals surface area (Å²) in [5.41, 5.74) is 2.99. The lowest BCUT2D eigenvalue weighted by Gasteiger charge is -2.08. The van der Waals surface area contributed by atoms with Crippen LogP contribution in [0.25, 0.3) is 0 Å². The molecule has 2 rings (SSSR count). The minimum absolute atomic E-state index is 0.714. The van der Waals surface area contributed by atoms with Crippen LogP contribution in [-0.2, 0) is 13.1 Å². The molecule has 0 aromatic carbocycles. The van der Waals surface area contributed by atoms with E-state index in [1.54, 1.807) is 0 Å². The fraction of sp³-hybridized carbons (Fsp3) is 0.500. The monoisotopic (exact) mass is 234 g/mol. The minimum atomic E-state index is 0.714. The number of hydrogen-bond acceptors (Lipinski definition) is 4. The smallest absolute Gasteiger partial charge is 0.127 e. The molecule has 0 bridgehead atoms. The van der Waals surface area contributed by atoms with E-state index in [4.69, 9.17) is 4.63 Å². The highest BCUT2D eigenvalue weighted by Crippen LogP contribution is 2.08. The molecule has 0 aliphatic carbocycles. The third kappa shape index (κ3) is 2.94. The molecule has 92 valence electrons. The zero-order chi connectivity index (χ0) is 12.1. The quantitative estimate of drug-likeness (QED) is 0.773. The van der Waals surface area contributed by atoms with E-state index in [1.165, 1.54) is 5.69 Å². The van der Waals surface area contributed by atoms with Crippen LogP contribution in [0.5, 0.6) is 0 Å². The Kier molecular flexibility index (Phi) is 3.93. The van der Waals surface area contributed by atoms with Crippen molar-refractivity contribution in [3.05, 3.63) is 35.4 Å². The average molecular weight is 234 g/mol. The standard InChI is InChI=1S/C12H18N4O/c1-3-6-13-8-11-5-4-7-16(11)9-12-10(2)14-17-15-12/h4-5,7,13H,3,6,8-9H2,1-2H3. The van der Waals surface area contributed by atoms with E-state index in [9.17, 15) is 0 Å². The molecule has 2 aromatic heterocycles. The molecule has 0 amide bonds. The van der Waals surface area contributed by atoms with Crippen LogP contribution >= 0.6 is 0 Å². The summed E-state index contributed by atoms with van der Waals surface area (Å²) in [5, 5.41) is 11.1. The lowest BCUT2D eigenvalue weighted by atomic mass is 10.3. The van der Waals surface area contributed by atoms with Crippen LogP contribution in [0.1, 0.15) is 30.4 Å². The minimum Gasteiger partial charge on any atom is -0.344 e. The lowest BCUT2D eigenvalue weighted by Crippen LogP contribution is -2.17. The molecule has 0 unspecified atom stereocenters. The Hall–Kier alpha value is -1.62. The summed E-state index contributed by atoms with van der Waals surface area (Å²) < 4.78 is 6.87. The molecule has 0 fully saturated rings. The van der Waals surface area contributed by atoms with Crippen LogP contribution < -0.4 is 5.32 Å². The maximum absolute atomic E-state index is 4.70. The largest absolute Gasteiger partial charge is 0.344 e. The molecule has 0 aliphatic rings. The van der Waals surface area contributed by atoms with Gasteiger partial charge in [-0.3, -0.25) is 0 Å². The highest BCUT2D eigenvalue weighted by Gasteiger charge is 2.07. The first-order valence-electron chi connectivity index (χ1n) is 5.94. The van der Waals surface area contributed by atoms with Crippen LogP contribution in [-0.4, -0.2) is 21.4 Å². The summed E-state index contributed by atoms with van der Waals surface area (Å²) in [6, 6.07) is 4.16. The van der Waals surface area contributed by atoms with Gasteiger partial charge in [0.2, 0.25) is 0 Å². The fourth-order valence-electron chi connectivity index (χ4n) is 1.71. The summed E-state index contributed by atoms with van der Waals surface area (Å²) in [7, 11) is 0. The Morgan fingerprint density at radius 1 is 1.41 bits per heavy atom. The van der Waals surface area contributed by atoms with Crippen LogP contribution in [0.3, 0.4) is 0 Å². The fourth-order valence-corrected chi connectivity index (χ4v) is 1.71. The number of aromatic nitrogens is 3. The molecule has 0 radical (unpaired) electrons. The van der Waals surface area contributed by atoms with Gasteiger partial charge in [-0.15, -0.1) is 0 Å². The Balaban J connectivity index is 2.01. The van der Waals surface area contributed by atoms with Gasteiger partial charge < -0.3 is 9.88 Å². The van der Waals surface area contributed by atoms with E-state index in [-0.39, 0.29) is 0 Å². The summed E-state index contributed by atoms with van der Waals surface area (Å²) >= 11 is 0. The van der Waals surface area contributed by atoms with Gasteiger partial charge in [0.05, 0.1) is 6.54 Å². The molecule has 2 aromatic rings. The second kappa shape index (κ2) is 5.63. The Morgan fingerprint density at radius 3 is 3.00 bits per heavy atom. The molecule has 5 nitrogen and oxygen atoms in total. The highest BCUT2D eigenvalue weighted by atomic mass is 16.6. The van der Waals surface area contributed by atoms with Gasteiger partial charge in [0.15, 0.2) is 0 Å². The van der Waals surface area contributed by atoms with Crippen molar-refractivity contribution in [2.24, 2.45) is 0 Å². The Morgan fingerprint density at radius 2 is 2.29 bits per heavy atom. The van der Waals surface area contributed by atoms with E-state index in [0.29, 0.717) is 6.54 Å². The normalized spacial score (nSPS) is 10.9. The van der Waals surface area contributed by atoms with Crippen LogP contribution in [0.15, 0.2) is 23.0 Å². The average Bonchev–Trinajstić information content (AvgIpc) is 2.91. The zero-order valence-electron chi connectivity index (χ0n) is 10.3. The number of nitrogens with zero attached hydrogens (tertiary/aromatic N) is 3. The lowest BCUT2D eigenvalue weighted by molar-refractivity contribution is 0.300. The van der Waals surface area contributed by atoms with Crippen LogP contribution in [0, 0.1) is 6.92 Å². The van der Waals surface area contributed by atoms with Crippen molar-refractivity contribution in [1.29, 1.82) is 0 Å². The van der Waals surface area contributed by atoms with Crippen LogP contribution in [0.4, 0.5) is 0 Å². The van der Waals surface area contributed by atoms with Crippen molar-refractivity contribution in [3.63, 3.8) is 0 Å². The van der Waals surface area contributed by atoms with Crippen molar-refractivity contribution in [2.75, 3.05) is 6.54 Å². The van der Waals surface area contributed by atoms with E-state index < -0.39 is 0 Å². The maximum atomic E-state index is 4.70. The maximum Gasteiger partial charge on any atom is 0.127 e. The predicted octanol–water partition coefficient (Wildman–Crippen LogP) is 1.73. The molecule has 0 atom stereocenters. The molecule has 5 heteroatoms. The van der Waals surface area contributed by atoms with Crippen molar-refractivity contribution in [1.82, 2.24) is 20.2 Å². The molecular formula is C12H18N4O. The van der Waals surface area contributed by atoms with Crippen LogP contribution in [0.2, 0.25) is 0 Å². The molecule has 2 heterocycles. The first kappa shape index (κ1) is 11.9. The van der Waals surface area contributed by atoms with Gasteiger partial charge in [-0.25, -0.2) is 4.63 Å². The van der Waals surface area contributed by atoms with Gasteiger partial charge in [0.1, 0.15) is 11.4 Å². The summed E-state index contributed by atoms with van der Waals surface area (Å²) in [6.07, 6.45) is 3.20. The third-order valence-corrected chi connectivity index (χ3v) is 2.72. The summed E-state index contributed by atoms with van der Waals surface area (Å²) in [6.45, 7) is 6.70. The van der Waals surface area contributed by atoms with E-state index in [1.807, 2.05) is 13.0 Å². The SMILES string of the molecule is CCCNCc1cccn1Cc1nonc1C. The van der Waals surface area contributed by atoms with Gasteiger partial charge in [-0.05, 0) is 32.0 Å². The molecule has 17 heavy (non-hydrogen) atoms. The molecule has 0 saturated carbocycles. The van der Waals surface area contributed by atoms with Crippen molar-refractivity contribution in [3.8, 4) is 0 Å². The molecule has 0 spiro atoms. The van der Waals surface area contributed by atoms with Gasteiger partial charge in [0.25, 0.3) is 0 Å². The third-order valence-electron chi connectivity index (χ3n) is 2.72. The second-order valence-corrected chi connectivity index (χ2v) is 4.10. The van der Waals surface area contributed by atoms with Crippen molar-refractivity contribution in [2.45, 2.75) is 33.4 Å². The predicted molar refractivity (Wildman–Crippen MR) is 64.6 cm³/mol. The van der Waals surface area contributed by atoms with Gasteiger partial charge in [-0.2, -0.15) is 0 Å². The molecule has 0 saturated heterocycles. The molecule has 1 N–H and O–H groups in total. The van der Waals surface area contributed by atoms with E-state index >= 15 is 0 Å². The topological polar surface area (TPSA) is 55.9 Å². The van der Waals surface area contributed by atoms with E-state index in [2.05, 4.69) is 39.4 Å². The number of aryl methyl sites for hydroxylation is 1. The first-order valence-corrected chi connectivity index (χ1v) is 5.94. The van der Waals surface area contributed by atoms with Gasteiger partial charge >= 0.3 is 0 Å². The first-order chi connectivity index (χ1) is 8.31. The zero-order valence-corrected chi connectivity index (χ0v) is 10.3. The summed E-state index contributed by atoms with van der Waals surface area (Å²) in [5.74, 6) is 0. The molecular weight excluding hydrogens is 216 g/mol. The van der Waals surface area contributed by atoms with Gasteiger partial charge in [-0.1, -0.05) is 17.2 Å². The number of hydrogen-bond donors (Lipinski definition) is 1. The highest BCUT2D eigenvalue weighted by molar-refractivity contribution is 5.12. The Bertz CT molecular complexity index is 461. The van der Waals surface area contributed by atoms with Crippen molar-refractivity contribution < 1.29 is 4.63 Å². The van der Waals surface area contributed by atoms with Gasteiger partial charge in [0, 0.05) is 18.4 Å². The number of nitrogens with one attached hydrogen (secondary N) is 1. The van der Waals surface area contributed by atoms with E-state index in [0.717, 1.165) is 30.9 Å². The second-order valence-electron chi connectivity index (χ2n) is 4.10. The van der Waals surface area contributed by atoms with Crippen molar-refractivity contribution >= 4 is 0 Å². The number of rotatable bonds is 6. The summed E-state index contributed by atoms with van der Waals surface area (Å²) in [4.78, 5) is 0. The molecule has 0 aliphatic heterocycles. The Labute approximate surface area is 101 Å².